The van der Waals surface area contributed by atoms with E-state index in [1.807, 2.05) is 16.8 Å². The van der Waals surface area contributed by atoms with E-state index in [1.54, 1.807) is 0 Å². The predicted octanol–water partition coefficient (Wildman–Crippen LogP) is -2.30. The van der Waals surface area contributed by atoms with Gasteiger partial charge in [0.1, 0.15) is 0 Å². The van der Waals surface area contributed by atoms with Crippen LogP contribution in [0.15, 0.2) is 0 Å². The third-order valence-electron chi connectivity index (χ3n) is 0.816. The van der Waals surface area contributed by atoms with Gasteiger partial charge in [0.15, 0.2) is 0 Å². The van der Waals surface area contributed by atoms with Crippen molar-refractivity contribution in [1.29, 1.82) is 0 Å². The molecule has 46 valence electrons. The average molecular weight is 172 g/mol. The Morgan fingerprint density at radius 3 is 1.38 bits per heavy atom. The SMILES string of the molecule is C[SiH2-].C[SiH2]C(C)C.[K+]. The molecule has 0 atom stereocenters. The second-order valence-corrected chi connectivity index (χ2v) is 4.25. The van der Waals surface area contributed by atoms with Gasteiger partial charge in [0.25, 0.3) is 0 Å². The Hall–Kier alpha value is 2.07. The van der Waals surface area contributed by atoms with Crippen LogP contribution in [-0.2, 0) is 0 Å². The summed E-state index contributed by atoms with van der Waals surface area (Å²) in [7, 11) is 2.21. The molecule has 0 heterocycles. The summed E-state index contributed by atoms with van der Waals surface area (Å²) in [5.74, 6) is 0. The zero-order valence-electron chi connectivity index (χ0n) is 6.99. The van der Waals surface area contributed by atoms with E-state index in [0.29, 0.717) is 9.52 Å². The second-order valence-electron chi connectivity index (χ2n) is 1.80. The molecule has 0 N–H and O–H groups in total. The smallest absolute Gasteiger partial charge is 0.300 e. The molecule has 0 amide bonds. The largest absolute Gasteiger partial charge is 1.00 e. The first-order chi connectivity index (χ1) is 3.27. The maximum atomic E-state index is 2.34. The van der Waals surface area contributed by atoms with E-state index in [4.69, 9.17) is 0 Å². The molecule has 0 rings (SSSR count). The minimum atomic E-state index is 0. The topological polar surface area (TPSA) is 0 Å². The van der Waals surface area contributed by atoms with Gasteiger partial charge in [-0.15, -0.1) is 0 Å². The molecule has 0 saturated carbocycles. The minimum Gasteiger partial charge on any atom is -0.300 e. The Bertz CT molecular complexity index is 24.4. The molecule has 0 spiro atoms. The van der Waals surface area contributed by atoms with Gasteiger partial charge in [0.2, 0.25) is 0 Å². The fourth-order valence-electron chi connectivity index (χ4n) is 0. The normalized spacial score (nSPS) is 8.25. The molecule has 0 fully saturated rings. The molecule has 0 aliphatic carbocycles. The number of hydrogen-bond donors (Lipinski definition) is 0. The second kappa shape index (κ2) is 16.0. The molecule has 0 nitrogen and oxygen atoms in total. The standard InChI is InChI=1S/C4H12Si.CH5Si.K/c1-4(2)5-3;1-2;/h4H,5H2,1-3H3;2H2,1H3;/q;-1;+1. The summed E-state index contributed by atoms with van der Waals surface area (Å²) >= 11 is 0. The fraction of sp³-hybridized carbons (Fsp3) is 1.00. The van der Waals surface area contributed by atoms with Crippen molar-refractivity contribution in [2.24, 2.45) is 0 Å². The first-order valence-corrected chi connectivity index (χ1v) is 6.62. The van der Waals surface area contributed by atoms with Gasteiger partial charge < -0.3 is 10.2 Å². The van der Waals surface area contributed by atoms with Gasteiger partial charge >= 0.3 is 51.4 Å². The average Bonchev–Trinajstić information content (AvgIpc) is 1.73. The number of rotatable bonds is 1. The van der Waals surface area contributed by atoms with Crippen molar-refractivity contribution in [3.8, 4) is 0 Å². The van der Waals surface area contributed by atoms with Gasteiger partial charge in [-0.3, -0.25) is 0 Å². The van der Waals surface area contributed by atoms with Crippen molar-refractivity contribution in [2.45, 2.75) is 32.5 Å². The molecule has 0 aromatic carbocycles. The van der Waals surface area contributed by atoms with Gasteiger partial charge in [0, 0.05) is 9.52 Å². The van der Waals surface area contributed by atoms with Crippen LogP contribution in [0.5, 0.6) is 0 Å². The van der Waals surface area contributed by atoms with E-state index >= 15 is 0 Å². The van der Waals surface area contributed by atoms with Gasteiger partial charge in [-0.2, -0.15) is 6.55 Å². The van der Waals surface area contributed by atoms with Gasteiger partial charge in [-0.25, -0.2) is 0 Å². The quantitative estimate of drug-likeness (QED) is 0.391. The van der Waals surface area contributed by atoms with E-state index in [0.717, 1.165) is 5.54 Å². The van der Waals surface area contributed by atoms with Gasteiger partial charge in [0.05, 0.1) is 0 Å². The van der Waals surface area contributed by atoms with Crippen LogP contribution >= 0.6 is 0 Å². The summed E-state index contributed by atoms with van der Waals surface area (Å²) < 4.78 is 0. The monoisotopic (exact) mass is 172 g/mol. The first-order valence-electron chi connectivity index (χ1n) is 2.98. The maximum Gasteiger partial charge on any atom is 1.00 e. The third kappa shape index (κ3) is 24.4. The Kier molecular flexibility index (Phi) is 33.2. The van der Waals surface area contributed by atoms with Crippen molar-refractivity contribution in [3.05, 3.63) is 0 Å². The molecule has 0 bridgehead atoms. The van der Waals surface area contributed by atoms with Crippen LogP contribution in [-0.4, -0.2) is 19.8 Å². The zero-order valence-corrected chi connectivity index (χ0v) is 12.9. The van der Waals surface area contributed by atoms with Crippen LogP contribution in [0, 0.1) is 0 Å². The van der Waals surface area contributed by atoms with E-state index in [1.165, 1.54) is 0 Å². The van der Waals surface area contributed by atoms with Crippen LogP contribution in [0.25, 0.3) is 0 Å². The molecule has 0 aromatic heterocycles. The van der Waals surface area contributed by atoms with Crippen LogP contribution in [0.4, 0.5) is 0 Å². The Morgan fingerprint density at radius 1 is 1.25 bits per heavy atom. The summed E-state index contributed by atoms with van der Waals surface area (Å²) in [6.45, 7) is 8.93. The van der Waals surface area contributed by atoms with E-state index in [2.05, 4.69) is 20.4 Å². The van der Waals surface area contributed by atoms with Crippen LogP contribution < -0.4 is 51.4 Å². The molecular formula is C5H17KSi2. The van der Waals surface area contributed by atoms with E-state index < -0.39 is 0 Å². The molecule has 0 aliphatic rings. The third-order valence-corrected chi connectivity index (χ3v) is 2.45. The Balaban J connectivity index is -0.0000000750. The van der Waals surface area contributed by atoms with E-state index in [9.17, 15) is 0 Å². The molecular weight excluding hydrogens is 155 g/mol. The molecule has 0 radical (unpaired) electrons. The number of hydrogen-bond acceptors (Lipinski definition) is 0. The molecule has 0 unspecified atom stereocenters. The van der Waals surface area contributed by atoms with E-state index in [-0.39, 0.29) is 51.4 Å². The van der Waals surface area contributed by atoms with Crippen molar-refractivity contribution in [2.75, 3.05) is 0 Å². The minimum absolute atomic E-state index is 0. The van der Waals surface area contributed by atoms with Crippen molar-refractivity contribution in [1.82, 2.24) is 0 Å². The van der Waals surface area contributed by atoms with Crippen LogP contribution in [0.2, 0.25) is 18.6 Å². The molecule has 0 saturated heterocycles. The van der Waals surface area contributed by atoms with Crippen LogP contribution in [0.1, 0.15) is 13.8 Å². The predicted molar refractivity (Wildman–Crippen MR) is 43.9 cm³/mol. The first kappa shape index (κ1) is 16.6. The summed E-state index contributed by atoms with van der Waals surface area (Å²) in [6, 6.07) is 0. The van der Waals surface area contributed by atoms with Crippen molar-refractivity contribution in [3.63, 3.8) is 0 Å². The summed E-state index contributed by atoms with van der Waals surface area (Å²) in [5, 5.41) is 0. The molecule has 0 aliphatic heterocycles. The molecule has 8 heavy (non-hydrogen) atoms. The molecule has 3 heteroatoms. The Morgan fingerprint density at radius 2 is 1.38 bits per heavy atom. The Labute approximate surface area is 102 Å². The van der Waals surface area contributed by atoms with Crippen molar-refractivity contribution < 1.29 is 51.4 Å². The zero-order chi connectivity index (χ0) is 6.28. The van der Waals surface area contributed by atoms with Crippen molar-refractivity contribution >= 4 is 19.8 Å². The fourth-order valence-corrected chi connectivity index (χ4v) is 0. The summed E-state index contributed by atoms with van der Waals surface area (Å²) in [4.78, 5) is 0. The van der Waals surface area contributed by atoms with Gasteiger partial charge in [-0.1, -0.05) is 25.9 Å². The van der Waals surface area contributed by atoms with Gasteiger partial charge in [-0.05, 0) is 0 Å². The summed E-state index contributed by atoms with van der Waals surface area (Å²) in [6.07, 6.45) is 0. The summed E-state index contributed by atoms with van der Waals surface area (Å²) in [5.41, 5.74) is 1.02. The molecule has 0 aromatic rings. The maximum absolute atomic E-state index is 2.34. The van der Waals surface area contributed by atoms with Crippen LogP contribution in [0.3, 0.4) is 0 Å².